The van der Waals surface area contributed by atoms with Crippen molar-refractivity contribution >= 4 is 39.3 Å². The van der Waals surface area contributed by atoms with E-state index in [2.05, 4.69) is 31.4 Å². The Balaban J connectivity index is 1.94. The van der Waals surface area contributed by atoms with Crippen LogP contribution in [0.4, 0.5) is 5.82 Å². The first-order chi connectivity index (χ1) is 9.47. The number of halogens is 2. The van der Waals surface area contributed by atoms with Gasteiger partial charge in [0.25, 0.3) is 5.91 Å². The fourth-order valence-electron chi connectivity index (χ4n) is 1.51. The second-order valence-corrected chi connectivity index (χ2v) is 5.56. The molecule has 1 aromatic carbocycles. The van der Waals surface area contributed by atoms with Gasteiger partial charge in [-0.3, -0.25) is 9.89 Å². The zero-order valence-electron chi connectivity index (χ0n) is 11.0. The quantitative estimate of drug-likeness (QED) is 0.879. The highest BCUT2D eigenvalue weighted by Gasteiger charge is 2.11. The van der Waals surface area contributed by atoms with Crippen LogP contribution in [0.25, 0.3) is 0 Å². The molecule has 7 heteroatoms. The fraction of sp³-hybridized carbons (Fsp3) is 0.231. The van der Waals surface area contributed by atoms with E-state index in [1.807, 2.05) is 13.8 Å². The lowest BCUT2D eigenvalue weighted by atomic mass is 10.3. The van der Waals surface area contributed by atoms with Crippen molar-refractivity contribution in [3.8, 4) is 5.75 Å². The van der Waals surface area contributed by atoms with E-state index in [1.165, 1.54) is 0 Å². The molecule has 0 atom stereocenters. The molecule has 0 aliphatic heterocycles. The lowest BCUT2D eigenvalue weighted by Gasteiger charge is -2.08. The van der Waals surface area contributed by atoms with Gasteiger partial charge < -0.3 is 10.1 Å². The molecule has 0 unspecified atom stereocenters. The van der Waals surface area contributed by atoms with Crippen LogP contribution in [-0.2, 0) is 4.79 Å². The van der Waals surface area contributed by atoms with Gasteiger partial charge in [0.2, 0.25) is 0 Å². The Morgan fingerprint density at radius 1 is 1.50 bits per heavy atom. The number of hydrogen-bond donors (Lipinski definition) is 2. The highest BCUT2D eigenvalue weighted by Crippen LogP contribution is 2.27. The van der Waals surface area contributed by atoms with Gasteiger partial charge in [-0.1, -0.05) is 27.5 Å². The standard InChI is InChI=1S/C13H13BrClN3O2/c1-7-8(2)17-18-13(7)16-12(19)6-20-11-4-3-9(14)5-10(11)15/h3-5H,6H2,1-2H3,(H2,16,17,18,19). The van der Waals surface area contributed by atoms with Crippen molar-refractivity contribution in [3.05, 3.63) is 39.0 Å². The number of aromatic nitrogens is 2. The van der Waals surface area contributed by atoms with Crippen LogP contribution in [0.5, 0.6) is 5.75 Å². The summed E-state index contributed by atoms with van der Waals surface area (Å²) in [6.45, 7) is 3.63. The summed E-state index contributed by atoms with van der Waals surface area (Å²) in [5.74, 6) is 0.677. The van der Waals surface area contributed by atoms with Gasteiger partial charge in [-0.2, -0.15) is 5.10 Å². The van der Waals surface area contributed by atoms with Gasteiger partial charge in [-0.05, 0) is 32.0 Å². The number of carbonyl (C=O) groups is 1. The Morgan fingerprint density at radius 2 is 2.25 bits per heavy atom. The predicted molar refractivity (Wildman–Crippen MR) is 81.3 cm³/mol. The maximum atomic E-state index is 11.8. The number of hydrogen-bond acceptors (Lipinski definition) is 3. The van der Waals surface area contributed by atoms with E-state index in [0.717, 1.165) is 15.7 Å². The molecule has 0 radical (unpaired) electrons. The average Bonchev–Trinajstić information content (AvgIpc) is 2.70. The predicted octanol–water partition coefficient (Wildman–Crippen LogP) is 3.46. The first-order valence-electron chi connectivity index (χ1n) is 5.86. The van der Waals surface area contributed by atoms with E-state index in [4.69, 9.17) is 16.3 Å². The van der Waals surface area contributed by atoms with Crippen molar-refractivity contribution < 1.29 is 9.53 Å². The number of carbonyl (C=O) groups excluding carboxylic acids is 1. The smallest absolute Gasteiger partial charge is 0.263 e. The molecule has 0 saturated heterocycles. The van der Waals surface area contributed by atoms with Crippen LogP contribution in [0.1, 0.15) is 11.3 Å². The second kappa shape index (κ2) is 6.28. The van der Waals surface area contributed by atoms with Crippen LogP contribution in [0.15, 0.2) is 22.7 Å². The maximum Gasteiger partial charge on any atom is 0.263 e. The number of anilines is 1. The summed E-state index contributed by atoms with van der Waals surface area (Å²) in [5, 5.41) is 9.91. The molecular formula is C13H13BrClN3O2. The molecule has 2 N–H and O–H groups in total. The van der Waals surface area contributed by atoms with Gasteiger partial charge in [0, 0.05) is 15.7 Å². The molecule has 1 aromatic heterocycles. The average molecular weight is 359 g/mol. The van der Waals surface area contributed by atoms with Crippen molar-refractivity contribution in [2.75, 3.05) is 11.9 Å². The zero-order chi connectivity index (χ0) is 14.7. The van der Waals surface area contributed by atoms with Crippen LogP contribution >= 0.6 is 27.5 Å². The van der Waals surface area contributed by atoms with Gasteiger partial charge in [0.1, 0.15) is 5.75 Å². The molecule has 1 heterocycles. The van der Waals surface area contributed by atoms with E-state index in [-0.39, 0.29) is 12.5 Å². The summed E-state index contributed by atoms with van der Waals surface area (Å²) in [6.07, 6.45) is 0. The molecule has 0 spiro atoms. The highest BCUT2D eigenvalue weighted by atomic mass is 79.9. The monoisotopic (exact) mass is 357 g/mol. The first kappa shape index (κ1) is 14.9. The SMILES string of the molecule is Cc1[nH]nc(NC(=O)COc2ccc(Br)cc2Cl)c1C. The number of rotatable bonds is 4. The zero-order valence-corrected chi connectivity index (χ0v) is 13.3. The molecule has 2 rings (SSSR count). The normalized spacial score (nSPS) is 10.4. The number of ether oxygens (including phenoxy) is 1. The molecular weight excluding hydrogens is 346 g/mol. The first-order valence-corrected chi connectivity index (χ1v) is 7.03. The minimum atomic E-state index is -0.293. The van der Waals surface area contributed by atoms with E-state index in [9.17, 15) is 4.79 Å². The summed E-state index contributed by atoms with van der Waals surface area (Å²) in [6, 6.07) is 5.19. The summed E-state index contributed by atoms with van der Waals surface area (Å²) in [7, 11) is 0. The summed E-state index contributed by atoms with van der Waals surface area (Å²) in [5.41, 5.74) is 1.82. The lowest BCUT2D eigenvalue weighted by Crippen LogP contribution is -2.20. The third kappa shape index (κ3) is 3.52. The number of aromatic amines is 1. The lowest BCUT2D eigenvalue weighted by molar-refractivity contribution is -0.118. The third-order valence-corrected chi connectivity index (χ3v) is 3.55. The Labute approximate surface area is 129 Å². The number of amides is 1. The van der Waals surface area contributed by atoms with Crippen molar-refractivity contribution in [3.63, 3.8) is 0 Å². The van der Waals surface area contributed by atoms with Crippen LogP contribution in [0.3, 0.4) is 0 Å². The van der Waals surface area contributed by atoms with Crippen LogP contribution in [-0.4, -0.2) is 22.7 Å². The Bertz CT molecular complexity index is 643. The van der Waals surface area contributed by atoms with Crippen molar-refractivity contribution in [1.29, 1.82) is 0 Å². The van der Waals surface area contributed by atoms with Gasteiger partial charge in [0.15, 0.2) is 12.4 Å². The highest BCUT2D eigenvalue weighted by molar-refractivity contribution is 9.10. The van der Waals surface area contributed by atoms with E-state index in [0.29, 0.717) is 16.6 Å². The van der Waals surface area contributed by atoms with E-state index >= 15 is 0 Å². The molecule has 2 aromatic rings. The molecule has 5 nitrogen and oxygen atoms in total. The molecule has 20 heavy (non-hydrogen) atoms. The van der Waals surface area contributed by atoms with Gasteiger partial charge in [-0.25, -0.2) is 0 Å². The van der Waals surface area contributed by atoms with Gasteiger partial charge in [0.05, 0.1) is 5.02 Å². The topological polar surface area (TPSA) is 67.0 Å². The van der Waals surface area contributed by atoms with Gasteiger partial charge in [-0.15, -0.1) is 0 Å². The number of nitrogens with zero attached hydrogens (tertiary/aromatic N) is 1. The largest absolute Gasteiger partial charge is 0.482 e. The molecule has 1 amide bonds. The van der Waals surface area contributed by atoms with Crippen LogP contribution < -0.4 is 10.1 Å². The molecule has 0 bridgehead atoms. The number of nitrogens with one attached hydrogen (secondary N) is 2. The number of aryl methyl sites for hydroxylation is 1. The van der Waals surface area contributed by atoms with Crippen LogP contribution in [0, 0.1) is 13.8 Å². The van der Waals surface area contributed by atoms with Crippen molar-refractivity contribution in [1.82, 2.24) is 10.2 Å². The Kier molecular flexibility index (Phi) is 4.67. The molecule has 0 saturated carbocycles. The summed E-state index contributed by atoms with van der Waals surface area (Å²) in [4.78, 5) is 11.8. The summed E-state index contributed by atoms with van der Waals surface area (Å²) >= 11 is 9.30. The summed E-state index contributed by atoms with van der Waals surface area (Å²) < 4.78 is 6.22. The molecule has 0 fully saturated rings. The van der Waals surface area contributed by atoms with Crippen molar-refractivity contribution in [2.45, 2.75) is 13.8 Å². The number of H-pyrrole nitrogens is 1. The minimum Gasteiger partial charge on any atom is -0.482 e. The third-order valence-electron chi connectivity index (χ3n) is 2.76. The minimum absolute atomic E-state index is 0.132. The van der Waals surface area contributed by atoms with Crippen molar-refractivity contribution in [2.24, 2.45) is 0 Å². The van der Waals surface area contributed by atoms with E-state index in [1.54, 1.807) is 18.2 Å². The number of benzene rings is 1. The molecule has 0 aliphatic carbocycles. The fourth-order valence-corrected chi connectivity index (χ4v) is 2.24. The molecule has 106 valence electrons. The van der Waals surface area contributed by atoms with Crippen LogP contribution in [0.2, 0.25) is 5.02 Å². The molecule has 0 aliphatic rings. The second-order valence-electron chi connectivity index (χ2n) is 4.23. The van der Waals surface area contributed by atoms with E-state index < -0.39 is 0 Å². The van der Waals surface area contributed by atoms with Gasteiger partial charge >= 0.3 is 0 Å². The Hall–Kier alpha value is -1.53. The Morgan fingerprint density at radius 3 is 2.85 bits per heavy atom. The maximum absolute atomic E-state index is 11.8.